The molecule has 0 N–H and O–H groups in total. The Hall–Kier alpha value is -0.580. The number of carbonyl (C=O) groups is 1. The molecule has 0 spiro atoms. The van der Waals surface area contributed by atoms with E-state index in [1.165, 1.54) is 17.3 Å². The van der Waals surface area contributed by atoms with E-state index in [0.29, 0.717) is 0 Å². The number of aldehydes is 1. The molecule has 80 valence electrons. The van der Waals surface area contributed by atoms with Crippen LogP contribution in [0.5, 0.6) is 0 Å². The monoisotopic (exact) mass is 318 g/mol. The summed E-state index contributed by atoms with van der Waals surface area (Å²) in [7, 11) is 0. The van der Waals surface area contributed by atoms with Crippen molar-refractivity contribution in [1.29, 1.82) is 0 Å². The van der Waals surface area contributed by atoms with Gasteiger partial charge in [-0.1, -0.05) is 0 Å². The predicted octanol–water partition coefficient (Wildman–Crippen LogP) is 3.15. The van der Waals surface area contributed by atoms with Gasteiger partial charge in [-0.2, -0.15) is 0 Å². The average Bonchev–Trinajstić information content (AvgIpc) is 2.29. The normalized spacial score (nSPS) is 11.4. The molecule has 1 rings (SSSR count). The second-order valence-electron chi connectivity index (χ2n) is 3.28. The number of hydrogen-bond acceptors (Lipinski definition) is 1. The first kappa shape index (κ1) is 12.5. The Bertz CT molecular complexity index is 317. The molecule has 0 aliphatic rings. The fourth-order valence-electron chi connectivity index (χ4n) is 1.16. The molecule has 0 unspecified atom stereocenters. The summed E-state index contributed by atoms with van der Waals surface area (Å²) in [6.07, 6.45) is 5.54. The van der Waals surface area contributed by atoms with Crippen LogP contribution in [0.3, 0.4) is 0 Å². The Morgan fingerprint density at radius 2 is 2.07 bits per heavy atom. The van der Waals surface area contributed by atoms with E-state index >= 15 is 0 Å². The van der Waals surface area contributed by atoms with E-state index in [1.54, 1.807) is 0 Å². The van der Waals surface area contributed by atoms with E-state index in [1.807, 2.05) is 36.4 Å². The quantitative estimate of drug-likeness (QED) is 0.341. The number of unbranched alkanes of at least 4 members (excludes halogenated alkanes) is 1. The predicted molar refractivity (Wildman–Crippen MR) is 66.0 cm³/mol. The SMILES string of the molecule is CCCC[Te]/C(C=O)=C\c1ccccc1. The van der Waals surface area contributed by atoms with Crippen LogP contribution in [0, 0.1) is 0 Å². The Kier molecular flexibility index (Phi) is 6.39. The summed E-state index contributed by atoms with van der Waals surface area (Å²) in [5, 5.41) is 0. The topological polar surface area (TPSA) is 17.1 Å². The third kappa shape index (κ3) is 5.16. The summed E-state index contributed by atoms with van der Waals surface area (Å²) in [5.41, 5.74) is 1.14. The van der Waals surface area contributed by atoms with Crippen molar-refractivity contribution >= 4 is 33.3 Å². The first-order valence-electron chi connectivity index (χ1n) is 5.21. The molecule has 1 aromatic rings. The van der Waals surface area contributed by atoms with Crippen LogP contribution in [0.1, 0.15) is 25.3 Å². The molecule has 0 bridgehead atoms. The molecule has 2 heteroatoms. The van der Waals surface area contributed by atoms with Gasteiger partial charge in [0.1, 0.15) is 0 Å². The van der Waals surface area contributed by atoms with Gasteiger partial charge in [-0.15, -0.1) is 0 Å². The Morgan fingerprint density at radius 3 is 2.67 bits per heavy atom. The molecule has 0 aromatic heterocycles. The Balaban J connectivity index is 2.58. The van der Waals surface area contributed by atoms with E-state index in [9.17, 15) is 4.79 Å². The van der Waals surface area contributed by atoms with E-state index in [0.717, 1.165) is 15.5 Å². The summed E-state index contributed by atoms with van der Waals surface area (Å²) in [6.45, 7) is 2.19. The van der Waals surface area contributed by atoms with Gasteiger partial charge in [0.2, 0.25) is 0 Å². The molecular formula is C13H16OTe. The van der Waals surface area contributed by atoms with Gasteiger partial charge in [0.15, 0.2) is 0 Å². The minimum absolute atomic E-state index is 0.258. The van der Waals surface area contributed by atoms with Crippen LogP contribution in [0.4, 0.5) is 0 Å². The van der Waals surface area contributed by atoms with Crippen LogP contribution in [0.15, 0.2) is 34.0 Å². The van der Waals surface area contributed by atoms with Gasteiger partial charge in [0, 0.05) is 0 Å². The van der Waals surface area contributed by atoms with Crippen LogP contribution in [0.2, 0.25) is 4.47 Å². The van der Waals surface area contributed by atoms with Crippen LogP contribution in [-0.4, -0.2) is 27.2 Å². The number of benzene rings is 1. The third-order valence-corrected chi connectivity index (χ3v) is 4.96. The van der Waals surface area contributed by atoms with Crippen molar-refractivity contribution in [1.82, 2.24) is 0 Å². The van der Waals surface area contributed by atoms with Crippen LogP contribution < -0.4 is 0 Å². The fraction of sp³-hybridized carbons (Fsp3) is 0.308. The zero-order valence-electron chi connectivity index (χ0n) is 8.98. The van der Waals surface area contributed by atoms with Gasteiger partial charge >= 0.3 is 102 Å². The van der Waals surface area contributed by atoms with Gasteiger partial charge in [-0.3, -0.25) is 0 Å². The van der Waals surface area contributed by atoms with Crippen molar-refractivity contribution in [3.05, 3.63) is 39.5 Å². The summed E-state index contributed by atoms with van der Waals surface area (Å²) < 4.78 is 2.26. The maximum absolute atomic E-state index is 10.9. The van der Waals surface area contributed by atoms with Crippen molar-refractivity contribution in [2.45, 2.75) is 24.2 Å². The first-order valence-corrected chi connectivity index (χ1v) is 8.03. The van der Waals surface area contributed by atoms with Crippen molar-refractivity contribution in [2.24, 2.45) is 0 Å². The maximum atomic E-state index is 10.9. The minimum atomic E-state index is -0.258. The van der Waals surface area contributed by atoms with Gasteiger partial charge in [0.25, 0.3) is 0 Å². The van der Waals surface area contributed by atoms with E-state index in [-0.39, 0.29) is 20.9 Å². The van der Waals surface area contributed by atoms with Crippen molar-refractivity contribution < 1.29 is 4.79 Å². The number of rotatable bonds is 6. The summed E-state index contributed by atoms with van der Waals surface area (Å²) >= 11 is -0.258. The van der Waals surface area contributed by atoms with Crippen molar-refractivity contribution in [3.63, 3.8) is 0 Å². The molecule has 0 fully saturated rings. The molecule has 1 nitrogen and oxygen atoms in total. The summed E-state index contributed by atoms with van der Waals surface area (Å²) in [6, 6.07) is 10.1. The molecule has 0 atom stereocenters. The van der Waals surface area contributed by atoms with E-state index < -0.39 is 0 Å². The molecule has 0 radical (unpaired) electrons. The van der Waals surface area contributed by atoms with Crippen LogP contribution in [-0.2, 0) is 4.79 Å². The van der Waals surface area contributed by atoms with Crippen molar-refractivity contribution in [2.75, 3.05) is 0 Å². The van der Waals surface area contributed by atoms with Crippen molar-refractivity contribution in [3.8, 4) is 0 Å². The second kappa shape index (κ2) is 7.68. The third-order valence-electron chi connectivity index (χ3n) is 1.99. The first-order chi connectivity index (χ1) is 7.36. The number of carbonyl (C=O) groups excluding carboxylic acids is 1. The second-order valence-corrected chi connectivity index (χ2v) is 6.61. The fourth-order valence-corrected chi connectivity index (χ4v) is 3.89. The number of hydrogen-bond donors (Lipinski definition) is 0. The summed E-state index contributed by atoms with van der Waals surface area (Å²) in [5.74, 6) is 0. The summed E-state index contributed by atoms with van der Waals surface area (Å²) in [4.78, 5) is 10.9. The molecule has 0 aliphatic carbocycles. The van der Waals surface area contributed by atoms with Gasteiger partial charge in [-0.25, -0.2) is 0 Å². The molecular weight excluding hydrogens is 300 g/mol. The molecule has 0 saturated heterocycles. The molecule has 0 amide bonds. The number of allylic oxidation sites excluding steroid dienone is 1. The molecule has 1 aromatic carbocycles. The molecule has 0 heterocycles. The van der Waals surface area contributed by atoms with Gasteiger partial charge < -0.3 is 0 Å². The van der Waals surface area contributed by atoms with Crippen LogP contribution >= 0.6 is 0 Å². The molecule has 0 aliphatic heterocycles. The molecule has 15 heavy (non-hydrogen) atoms. The standard InChI is InChI=1S/C13H16OTe/c1-2-3-9-15-13(11-14)10-12-7-5-4-6-8-12/h4-8,10-11H,2-3,9H2,1H3/b13-10-. The van der Waals surface area contributed by atoms with Gasteiger partial charge in [0.05, 0.1) is 0 Å². The Labute approximate surface area is 102 Å². The van der Waals surface area contributed by atoms with E-state index in [4.69, 9.17) is 0 Å². The zero-order valence-corrected chi connectivity index (χ0v) is 11.3. The Morgan fingerprint density at radius 1 is 1.33 bits per heavy atom. The average molecular weight is 316 g/mol. The van der Waals surface area contributed by atoms with Crippen LogP contribution in [0.25, 0.3) is 6.08 Å². The molecule has 0 saturated carbocycles. The zero-order chi connectivity index (χ0) is 10.9. The van der Waals surface area contributed by atoms with E-state index in [2.05, 4.69) is 6.92 Å². The van der Waals surface area contributed by atoms with Gasteiger partial charge in [-0.05, 0) is 0 Å².